The second kappa shape index (κ2) is 4.63. The Bertz CT molecular complexity index is 397. The van der Waals surface area contributed by atoms with Gasteiger partial charge in [-0.1, -0.05) is 18.2 Å². The molecule has 0 aliphatic carbocycles. The highest BCUT2D eigenvalue weighted by Crippen LogP contribution is 2.20. The van der Waals surface area contributed by atoms with Crippen molar-refractivity contribution in [2.45, 2.75) is 26.3 Å². The molecule has 0 amide bonds. The SMILES string of the molecule is CC(C)(C)N1CNC(=S)N(c2ccccc2)C1. The van der Waals surface area contributed by atoms with Crippen molar-refractivity contribution in [3.63, 3.8) is 0 Å². The van der Waals surface area contributed by atoms with E-state index in [9.17, 15) is 0 Å². The van der Waals surface area contributed by atoms with E-state index in [4.69, 9.17) is 12.2 Å². The van der Waals surface area contributed by atoms with E-state index in [1.54, 1.807) is 0 Å². The van der Waals surface area contributed by atoms with Gasteiger partial charge in [0.15, 0.2) is 5.11 Å². The fourth-order valence-corrected chi connectivity index (χ4v) is 2.03. The van der Waals surface area contributed by atoms with E-state index in [0.29, 0.717) is 0 Å². The summed E-state index contributed by atoms with van der Waals surface area (Å²) in [6, 6.07) is 10.3. The van der Waals surface area contributed by atoms with E-state index < -0.39 is 0 Å². The lowest BCUT2D eigenvalue weighted by Crippen LogP contribution is -2.61. The molecule has 3 nitrogen and oxygen atoms in total. The van der Waals surface area contributed by atoms with Crippen LogP contribution >= 0.6 is 12.2 Å². The summed E-state index contributed by atoms with van der Waals surface area (Å²) >= 11 is 5.37. The average molecular weight is 249 g/mol. The standard InChI is InChI=1S/C13H19N3S/c1-13(2,3)15-9-14-12(17)16(10-15)11-7-5-4-6-8-11/h4-8H,9-10H2,1-3H3,(H,14,17). The molecule has 0 aromatic heterocycles. The lowest BCUT2D eigenvalue weighted by atomic mass is 10.1. The summed E-state index contributed by atoms with van der Waals surface area (Å²) < 4.78 is 0. The van der Waals surface area contributed by atoms with Crippen molar-refractivity contribution in [2.24, 2.45) is 0 Å². The molecule has 0 spiro atoms. The number of hydrogen-bond acceptors (Lipinski definition) is 2. The Balaban J connectivity index is 2.19. The second-order valence-corrected chi connectivity index (χ2v) is 5.64. The fraction of sp³-hybridized carbons (Fsp3) is 0.462. The Morgan fingerprint density at radius 3 is 2.41 bits per heavy atom. The third-order valence-electron chi connectivity index (χ3n) is 2.99. The number of nitrogens with zero attached hydrogens (tertiary/aromatic N) is 2. The van der Waals surface area contributed by atoms with Crippen LogP contribution in [0.2, 0.25) is 0 Å². The summed E-state index contributed by atoms with van der Waals surface area (Å²) in [7, 11) is 0. The van der Waals surface area contributed by atoms with Gasteiger partial charge in [0, 0.05) is 11.2 Å². The van der Waals surface area contributed by atoms with Crippen molar-refractivity contribution in [2.75, 3.05) is 18.2 Å². The number of rotatable bonds is 1. The summed E-state index contributed by atoms with van der Waals surface area (Å²) in [4.78, 5) is 4.49. The van der Waals surface area contributed by atoms with Gasteiger partial charge < -0.3 is 10.2 Å². The summed E-state index contributed by atoms with van der Waals surface area (Å²) in [6.07, 6.45) is 0. The molecule has 0 saturated carbocycles. The third kappa shape index (κ3) is 2.76. The maximum Gasteiger partial charge on any atom is 0.175 e. The van der Waals surface area contributed by atoms with Crippen LogP contribution in [0.25, 0.3) is 0 Å². The van der Waals surface area contributed by atoms with Crippen LogP contribution in [0.3, 0.4) is 0 Å². The number of benzene rings is 1. The maximum atomic E-state index is 5.37. The molecule has 1 aromatic rings. The van der Waals surface area contributed by atoms with Crippen LogP contribution in [0.5, 0.6) is 0 Å². The van der Waals surface area contributed by atoms with Crippen molar-refractivity contribution < 1.29 is 0 Å². The molecule has 1 aliphatic rings. The first-order valence-electron chi connectivity index (χ1n) is 5.84. The Morgan fingerprint density at radius 1 is 1.18 bits per heavy atom. The topological polar surface area (TPSA) is 18.5 Å². The highest BCUT2D eigenvalue weighted by Gasteiger charge is 2.28. The van der Waals surface area contributed by atoms with E-state index in [1.165, 1.54) is 0 Å². The Labute approximate surface area is 108 Å². The first-order valence-corrected chi connectivity index (χ1v) is 6.25. The molecular formula is C13H19N3S. The number of nitrogens with one attached hydrogen (secondary N) is 1. The Kier molecular flexibility index (Phi) is 3.35. The van der Waals surface area contributed by atoms with Gasteiger partial charge in [-0.2, -0.15) is 0 Å². The average Bonchev–Trinajstić information content (AvgIpc) is 2.29. The minimum absolute atomic E-state index is 0.135. The second-order valence-electron chi connectivity index (χ2n) is 5.26. The van der Waals surface area contributed by atoms with Crippen LogP contribution < -0.4 is 10.2 Å². The Hall–Kier alpha value is -1.13. The van der Waals surface area contributed by atoms with E-state index in [1.807, 2.05) is 18.2 Å². The quantitative estimate of drug-likeness (QED) is 0.770. The van der Waals surface area contributed by atoms with Crippen LogP contribution in [0.15, 0.2) is 30.3 Å². The van der Waals surface area contributed by atoms with E-state index in [2.05, 4.69) is 48.0 Å². The van der Waals surface area contributed by atoms with Gasteiger partial charge in [-0.25, -0.2) is 0 Å². The molecule has 1 aromatic carbocycles. The zero-order chi connectivity index (χ0) is 12.5. The molecule has 0 bridgehead atoms. The van der Waals surface area contributed by atoms with Gasteiger partial charge in [-0.3, -0.25) is 4.90 Å². The minimum Gasteiger partial charge on any atom is -0.349 e. The number of anilines is 1. The zero-order valence-electron chi connectivity index (χ0n) is 10.6. The summed E-state index contributed by atoms with van der Waals surface area (Å²) in [5, 5.41) is 4.07. The first kappa shape index (κ1) is 12.3. The van der Waals surface area contributed by atoms with E-state index >= 15 is 0 Å². The van der Waals surface area contributed by atoms with Crippen molar-refractivity contribution in [3.8, 4) is 0 Å². The molecule has 1 N–H and O–H groups in total. The van der Waals surface area contributed by atoms with E-state index in [-0.39, 0.29) is 5.54 Å². The molecule has 0 unspecified atom stereocenters. The third-order valence-corrected chi connectivity index (χ3v) is 3.36. The van der Waals surface area contributed by atoms with Crippen LogP contribution in [-0.4, -0.2) is 28.9 Å². The molecule has 0 atom stereocenters. The molecular weight excluding hydrogens is 230 g/mol. The molecule has 1 fully saturated rings. The van der Waals surface area contributed by atoms with Gasteiger partial charge in [-0.05, 0) is 45.1 Å². The van der Waals surface area contributed by atoms with Gasteiger partial charge in [0.1, 0.15) is 0 Å². The van der Waals surface area contributed by atoms with Gasteiger partial charge >= 0.3 is 0 Å². The Morgan fingerprint density at radius 2 is 1.82 bits per heavy atom. The monoisotopic (exact) mass is 249 g/mol. The van der Waals surface area contributed by atoms with E-state index in [0.717, 1.165) is 24.1 Å². The number of thiocarbonyl (C=S) groups is 1. The minimum atomic E-state index is 0.135. The normalized spacial score (nSPS) is 18.1. The highest BCUT2D eigenvalue weighted by atomic mass is 32.1. The predicted molar refractivity (Wildman–Crippen MR) is 76.0 cm³/mol. The van der Waals surface area contributed by atoms with Crippen molar-refractivity contribution >= 4 is 23.0 Å². The van der Waals surface area contributed by atoms with Crippen LogP contribution in [-0.2, 0) is 0 Å². The van der Waals surface area contributed by atoms with Crippen LogP contribution in [0, 0.1) is 0 Å². The molecule has 1 aliphatic heterocycles. The summed E-state index contributed by atoms with van der Waals surface area (Å²) in [6.45, 7) is 8.29. The molecule has 4 heteroatoms. The van der Waals surface area contributed by atoms with Gasteiger partial charge in [0.2, 0.25) is 0 Å². The summed E-state index contributed by atoms with van der Waals surface area (Å²) in [5.74, 6) is 0. The molecule has 0 radical (unpaired) electrons. The molecule has 17 heavy (non-hydrogen) atoms. The van der Waals surface area contributed by atoms with Crippen LogP contribution in [0.1, 0.15) is 20.8 Å². The smallest absolute Gasteiger partial charge is 0.175 e. The fourth-order valence-electron chi connectivity index (χ4n) is 1.80. The lowest BCUT2D eigenvalue weighted by Gasteiger charge is -2.44. The molecule has 2 rings (SSSR count). The number of hydrogen-bond donors (Lipinski definition) is 1. The molecule has 1 heterocycles. The zero-order valence-corrected chi connectivity index (χ0v) is 11.4. The molecule has 92 valence electrons. The summed E-state index contributed by atoms with van der Waals surface area (Å²) in [5.41, 5.74) is 1.27. The van der Waals surface area contributed by atoms with Crippen molar-refractivity contribution in [1.29, 1.82) is 0 Å². The molecule has 1 saturated heterocycles. The van der Waals surface area contributed by atoms with Crippen LogP contribution in [0.4, 0.5) is 5.69 Å². The lowest BCUT2D eigenvalue weighted by molar-refractivity contribution is 0.128. The number of para-hydroxylation sites is 1. The van der Waals surface area contributed by atoms with Gasteiger partial charge in [0.25, 0.3) is 0 Å². The maximum absolute atomic E-state index is 5.37. The van der Waals surface area contributed by atoms with Gasteiger partial charge in [0.05, 0.1) is 13.3 Å². The van der Waals surface area contributed by atoms with Gasteiger partial charge in [-0.15, -0.1) is 0 Å². The van der Waals surface area contributed by atoms with Crippen molar-refractivity contribution in [3.05, 3.63) is 30.3 Å². The first-order chi connectivity index (χ1) is 7.98. The van der Waals surface area contributed by atoms with Crippen molar-refractivity contribution in [1.82, 2.24) is 10.2 Å². The largest absolute Gasteiger partial charge is 0.349 e. The highest BCUT2D eigenvalue weighted by molar-refractivity contribution is 7.80. The predicted octanol–water partition coefficient (Wildman–Crippen LogP) is 2.40.